The van der Waals surface area contributed by atoms with Gasteiger partial charge in [-0.1, -0.05) is 0 Å². The monoisotopic (exact) mass is 474 g/mol. The summed E-state index contributed by atoms with van der Waals surface area (Å²) in [7, 11) is -3.70. The summed E-state index contributed by atoms with van der Waals surface area (Å²) in [6.07, 6.45) is 0.632. The molecule has 1 saturated carbocycles. The summed E-state index contributed by atoms with van der Waals surface area (Å²) in [5.74, 6) is -1.06. The fourth-order valence-electron chi connectivity index (χ4n) is 2.91. The molecule has 1 aliphatic rings. The minimum Gasteiger partial charge on any atom is -0.449 e. The molecule has 28 heavy (non-hydrogen) atoms. The van der Waals surface area contributed by atoms with Crippen molar-refractivity contribution in [1.82, 2.24) is 9.62 Å². The van der Waals surface area contributed by atoms with Gasteiger partial charge in [-0.25, -0.2) is 17.9 Å². The quantitative estimate of drug-likeness (QED) is 0.584. The number of carbonyl (C=O) groups is 2. The van der Waals surface area contributed by atoms with Crippen molar-refractivity contribution in [3.8, 4) is 0 Å². The van der Waals surface area contributed by atoms with Gasteiger partial charge in [0.2, 0.25) is 10.0 Å². The Morgan fingerprint density at radius 1 is 1.14 bits per heavy atom. The SMILES string of the molecule is CC(OC(=O)c1cc(S(=O)(=O)NC2CC2)ccc1Br)C(=O)N(C(C)C)C(C)C. The number of benzene rings is 1. The summed E-state index contributed by atoms with van der Waals surface area (Å²) in [4.78, 5) is 26.9. The second-order valence-electron chi connectivity index (χ2n) is 7.52. The molecule has 0 aliphatic heterocycles. The van der Waals surface area contributed by atoms with Crippen LogP contribution in [0.2, 0.25) is 0 Å². The minimum absolute atomic E-state index is 0.0143. The first-order chi connectivity index (χ1) is 12.9. The summed E-state index contributed by atoms with van der Waals surface area (Å²) in [6.45, 7) is 9.09. The highest BCUT2D eigenvalue weighted by molar-refractivity contribution is 9.10. The molecule has 0 aromatic heterocycles. The molecule has 9 heteroatoms. The van der Waals surface area contributed by atoms with Crippen molar-refractivity contribution in [3.63, 3.8) is 0 Å². The average molecular weight is 475 g/mol. The molecule has 1 atom stereocenters. The molecule has 1 N–H and O–H groups in total. The Hall–Kier alpha value is -1.45. The topological polar surface area (TPSA) is 92.8 Å². The van der Waals surface area contributed by atoms with Crippen molar-refractivity contribution < 1.29 is 22.7 Å². The smallest absolute Gasteiger partial charge is 0.340 e. The van der Waals surface area contributed by atoms with Gasteiger partial charge in [-0.05, 0) is 81.6 Å². The predicted octanol–water partition coefficient (Wildman–Crippen LogP) is 3.08. The van der Waals surface area contributed by atoms with Gasteiger partial charge >= 0.3 is 5.97 Å². The number of amides is 1. The molecule has 1 aliphatic carbocycles. The number of carbonyl (C=O) groups excluding carboxylic acids is 2. The van der Waals surface area contributed by atoms with Gasteiger partial charge in [0.05, 0.1) is 10.5 Å². The standard InChI is InChI=1S/C19H27BrN2O5S/c1-11(2)22(12(3)4)18(23)13(5)27-19(24)16-10-15(8-9-17(16)20)28(25,26)21-14-6-7-14/h8-14,21H,6-7H2,1-5H3. The Bertz CT molecular complexity index is 842. The lowest BCUT2D eigenvalue weighted by atomic mass is 10.2. The summed E-state index contributed by atoms with van der Waals surface area (Å²) in [6, 6.07) is 4.04. The van der Waals surface area contributed by atoms with E-state index in [0.29, 0.717) is 4.47 Å². The lowest BCUT2D eigenvalue weighted by molar-refractivity contribution is -0.143. The number of nitrogens with one attached hydrogen (secondary N) is 1. The van der Waals surface area contributed by atoms with Crippen LogP contribution < -0.4 is 4.72 Å². The summed E-state index contributed by atoms with van der Waals surface area (Å²) < 4.78 is 33.1. The maximum atomic E-state index is 12.7. The van der Waals surface area contributed by atoms with Crippen LogP contribution in [0.5, 0.6) is 0 Å². The van der Waals surface area contributed by atoms with Crippen LogP contribution in [0.3, 0.4) is 0 Å². The molecule has 1 aromatic carbocycles. The third-order valence-corrected chi connectivity index (χ3v) is 6.58. The van der Waals surface area contributed by atoms with Crippen LogP contribution in [0.4, 0.5) is 0 Å². The van der Waals surface area contributed by atoms with E-state index < -0.39 is 22.1 Å². The van der Waals surface area contributed by atoms with Crippen molar-refractivity contribution in [1.29, 1.82) is 0 Å². The molecular formula is C19H27BrN2O5S. The predicted molar refractivity (Wildman–Crippen MR) is 109 cm³/mol. The van der Waals surface area contributed by atoms with Gasteiger partial charge in [-0.15, -0.1) is 0 Å². The number of ether oxygens (including phenoxy) is 1. The van der Waals surface area contributed by atoms with Crippen molar-refractivity contribution in [2.75, 3.05) is 0 Å². The number of rotatable bonds is 8. The van der Waals surface area contributed by atoms with Crippen LogP contribution in [-0.2, 0) is 19.6 Å². The van der Waals surface area contributed by atoms with E-state index in [4.69, 9.17) is 4.74 Å². The molecule has 0 radical (unpaired) electrons. The van der Waals surface area contributed by atoms with Crippen molar-refractivity contribution in [2.45, 2.75) is 76.6 Å². The van der Waals surface area contributed by atoms with Crippen LogP contribution in [0, 0.1) is 0 Å². The summed E-state index contributed by atoms with van der Waals surface area (Å²) >= 11 is 3.25. The maximum absolute atomic E-state index is 12.7. The highest BCUT2D eigenvalue weighted by Crippen LogP contribution is 2.26. The van der Waals surface area contributed by atoms with Gasteiger partial charge in [0.1, 0.15) is 0 Å². The van der Waals surface area contributed by atoms with Crippen LogP contribution in [0.25, 0.3) is 0 Å². The average Bonchev–Trinajstić information content (AvgIpc) is 3.37. The van der Waals surface area contributed by atoms with E-state index >= 15 is 0 Å². The van der Waals surface area contributed by atoms with E-state index in [0.717, 1.165) is 12.8 Å². The Kier molecular flexibility index (Phi) is 7.27. The van der Waals surface area contributed by atoms with Crippen molar-refractivity contribution >= 4 is 37.8 Å². The zero-order chi connectivity index (χ0) is 21.2. The van der Waals surface area contributed by atoms with E-state index in [1.807, 2.05) is 27.7 Å². The van der Waals surface area contributed by atoms with Gasteiger partial charge in [0.25, 0.3) is 5.91 Å². The number of hydrogen-bond acceptors (Lipinski definition) is 5. The highest BCUT2D eigenvalue weighted by atomic mass is 79.9. The van der Waals surface area contributed by atoms with E-state index in [2.05, 4.69) is 20.7 Å². The molecule has 1 fully saturated rings. The lowest BCUT2D eigenvalue weighted by Gasteiger charge is -2.32. The molecule has 1 aromatic rings. The fourth-order valence-corrected chi connectivity index (χ4v) is 4.65. The van der Waals surface area contributed by atoms with Crippen LogP contribution in [0.1, 0.15) is 57.8 Å². The third kappa shape index (κ3) is 5.55. The van der Waals surface area contributed by atoms with Gasteiger partial charge in [0, 0.05) is 22.6 Å². The number of esters is 1. The summed E-state index contributed by atoms with van der Waals surface area (Å²) in [5.41, 5.74) is 0.0546. The normalized spacial score (nSPS) is 15.6. The molecule has 0 spiro atoms. The Morgan fingerprint density at radius 2 is 1.71 bits per heavy atom. The molecule has 0 bridgehead atoms. The molecule has 2 rings (SSSR count). The maximum Gasteiger partial charge on any atom is 0.340 e. The highest BCUT2D eigenvalue weighted by Gasteiger charge is 2.30. The van der Waals surface area contributed by atoms with E-state index in [1.165, 1.54) is 25.1 Å². The zero-order valence-corrected chi connectivity index (χ0v) is 19.1. The molecular weight excluding hydrogens is 448 g/mol. The molecule has 156 valence electrons. The third-order valence-electron chi connectivity index (χ3n) is 4.37. The lowest BCUT2D eigenvalue weighted by Crippen LogP contribution is -2.47. The van der Waals surface area contributed by atoms with Gasteiger partial charge in [-0.2, -0.15) is 0 Å². The second kappa shape index (κ2) is 8.92. The number of sulfonamides is 1. The van der Waals surface area contributed by atoms with Gasteiger partial charge in [-0.3, -0.25) is 4.79 Å². The Morgan fingerprint density at radius 3 is 2.21 bits per heavy atom. The van der Waals surface area contributed by atoms with E-state index in [1.54, 1.807) is 4.90 Å². The Labute approximate surface area is 175 Å². The molecule has 7 nitrogen and oxygen atoms in total. The van der Waals surface area contributed by atoms with E-state index in [-0.39, 0.29) is 34.5 Å². The first kappa shape index (κ1) is 22.8. The fraction of sp³-hybridized carbons (Fsp3) is 0.579. The van der Waals surface area contributed by atoms with Crippen LogP contribution >= 0.6 is 15.9 Å². The number of halogens is 1. The van der Waals surface area contributed by atoms with Crippen molar-refractivity contribution in [3.05, 3.63) is 28.2 Å². The van der Waals surface area contributed by atoms with Gasteiger partial charge < -0.3 is 9.64 Å². The van der Waals surface area contributed by atoms with Crippen molar-refractivity contribution in [2.24, 2.45) is 0 Å². The number of nitrogens with zero attached hydrogens (tertiary/aromatic N) is 1. The first-order valence-corrected chi connectivity index (χ1v) is 11.6. The zero-order valence-electron chi connectivity index (χ0n) is 16.7. The summed E-state index contributed by atoms with van der Waals surface area (Å²) in [5, 5.41) is 0. The molecule has 0 heterocycles. The van der Waals surface area contributed by atoms with E-state index in [9.17, 15) is 18.0 Å². The van der Waals surface area contributed by atoms with Crippen LogP contribution in [-0.4, -0.2) is 49.4 Å². The largest absolute Gasteiger partial charge is 0.449 e. The minimum atomic E-state index is -3.70. The Balaban J connectivity index is 2.19. The molecule has 1 unspecified atom stereocenters. The first-order valence-electron chi connectivity index (χ1n) is 9.29. The van der Waals surface area contributed by atoms with Gasteiger partial charge in [0.15, 0.2) is 6.10 Å². The number of hydrogen-bond donors (Lipinski definition) is 1. The second-order valence-corrected chi connectivity index (χ2v) is 10.1. The molecule has 1 amide bonds. The molecule has 0 saturated heterocycles. The van der Waals surface area contributed by atoms with Crippen LogP contribution in [0.15, 0.2) is 27.6 Å².